The van der Waals surface area contributed by atoms with Crippen LogP contribution >= 0.6 is 0 Å². The molecular formula is C6H8N2O. The molecule has 1 aliphatic heterocycles. The Morgan fingerprint density at radius 3 is 3.56 bits per heavy atom. The molecule has 9 heavy (non-hydrogen) atoms. The van der Waals surface area contributed by atoms with Crippen molar-refractivity contribution in [1.29, 1.82) is 0 Å². The Labute approximate surface area is 53.3 Å². The molecule has 3 heteroatoms. The normalized spacial score (nSPS) is 31.1. The van der Waals surface area contributed by atoms with Crippen molar-refractivity contribution in [2.75, 3.05) is 0 Å². The summed E-state index contributed by atoms with van der Waals surface area (Å²) in [5.74, 6) is 0. The number of hydroxylamine groups is 2. The number of allylic oxidation sites excluding steroid dienone is 2. The van der Waals surface area contributed by atoms with E-state index in [1.807, 2.05) is 12.2 Å². The summed E-state index contributed by atoms with van der Waals surface area (Å²) in [5, 5.41) is 0. The molecule has 1 fully saturated rings. The molecule has 2 rings (SSSR count). The van der Waals surface area contributed by atoms with E-state index in [9.17, 15) is 0 Å². The Morgan fingerprint density at radius 1 is 1.67 bits per heavy atom. The summed E-state index contributed by atoms with van der Waals surface area (Å²) < 4.78 is 0. The van der Waals surface area contributed by atoms with Crippen LogP contribution in [0.25, 0.3) is 0 Å². The van der Waals surface area contributed by atoms with Crippen molar-refractivity contribution in [3.05, 3.63) is 23.9 Å². The Hall–Kier alpha value is -0.800. The second-order valence-corrected chi connectivity index (χ2v) is 2.16. The zero-order chi connectivity index (χ0) is 6.10. The molecule has 3 nitrogen and oxygen atoms in total. The van der Waals surface area contributed by atoms with Gasteiger partial charge in [-0.15, -0.1) is 0 Å². The second-order valence-electron chi connectivity index (χ2n) is 2.16. The molecule has 0 aromatic carbocycles. The molecule has 1 saturated heterocycles. The number of fused-ring (bicyclic) bond motifs is 1. The maximum atomic E-state index is 4.78. The molecule has 1 heterocycles. The Balaban J connectivity index is 2.23. The van der Waals surface area contributed by atoms with Crippen LogP contribution < -0.4 is 11.0 Å². The summed E-state index contributed by atoms with van der Waals surface area (Å²) >= 11 is 0. The fourth-order valence-corrected chi connectivity index (χ4v) is 1.01. The van der Waals surface area contributed by atoms with Crippen LogP contribution in [0, 0.1) is 0 Å². The van der Waals surface area contributed by atoms with Crippen LogP contribution in [0.4, 0.5) is 0 Å². The average molecular weight is 124 g/mol. The average Bonchev–Trinajstić information content (AvgIpc) is 2.33. The first-order valence-corrected chi connectivity index (χ1v) is 3.01. The van der Waals surface area contributed by atoms with Crippen LogP contribution in [0.1, 0.15) is 6.42 Å². The summed E-state index contributed by atoms with van der Waals surface area (Å²) in [5.41, 5.74) is 6.71. The van der Waals surface area contributed by atoms with Crippen LogP contribution in [0.2, 0.25) is 0 Å². The molecule has 0 radical (unpaired) electrons. The van der Waals surface area contributed by atoms with E-state index in [1.165, 1.54) is 0 Å². The fourth-order valence-electron chi connectivity index (χ4n) is 1.01. The molecular weight excluding hydrogens is 116 g/mol. The van der Waals surface area contributed by atoms with Gasteiger partial charge in [-0.05, 0) is 12.5 Å². The van der Waals surface area contributed by atoms with E-state index in [2.05, 4.69) is 17.0 Å². The minimum absolute atomic E-state index is 0.356. The molecule has 0 aromatic heterocycles. The van der Waals surface area contributed by atoms with Crippen LogP contribution in [-0.2, 0) is 4.94 Å². The molecule has 1 aliphatic carbocycles. The highest BCUT2D eigenvalue weighted by Crippen LogP contribution is 2.13. The maximum absolute atomic E-state index is 4.78. The van der Waals surface area contributed by atoms with Gasteiger partial charge in [0.2, 0.25) is 0 Å². The molecule has 0 bridgehead atoms. The van der Waals surface area contributed by atoms with Gasteiger partial charge in [0.15, 0.2) is 0 Å². The standard InChI is InChI=1S/C6H8N2O/c1-2-4-6-5(3-1)7-9-8-6/h1-3,6-8H,4H2. The molecule has 0 amide bonds. The first kappa shape index (κ1) is 5.02. The lowest BCUT2D eigenvalue weighted by atomic mass is 10.1. The predicted molar refractivity (Wildman–Crippen MR) is 33.0 cm³/mol. The van der Waals surface area contributed by atoms with Crippen molar-refractivity contribution >= 4 is 0 Å². The van der Waals surface area contributed by atoms with E-state index in [1.54, 1.807) is 0 Å². The second kappa shape index (κ2) is 1.86. The van der Waals surface area contributed by atoms with Crippen LogP contribution in [0.15, 0.2) is 23.9 Å². The van der Waals surface area contributed by atoms with Gasteiger partial charge in [-0.1, -0.05) is 12.2 Å². The SMILES string of the molecule is C1=CCC2NONC2=C1. The molecule has 1 atom stereocenters. The van der Waals surface area contributed by atoms with E-state index in [0.717, 1.165) is 12.1 Å². The van der Waals surface area contributed by atoms with E-state index in [0.29, 0.717) is 6.04 Å². The summed E-state index contributed by atoms with van der Waals surface area (Å²) in [7, 11) is 0. The summed E-state index contributed by atoms with van der Waals surface area (Å²) in [6, 6.07) is 0.356. The largest absolute Gasteiger partial charge is 0.250 e. The Morgan fingerprint density at radius 2 is 2.67 bits per heavy atom. The van der Waals surface area contributed by atoms with Crippen molar-refractivity contribution in [2.24, 2.45) is 0 Å². The lowest BCUT2D eigenvalue weighted by Crippen LogP contribution is -2.21. The quantitative estimate of drug-likeness (QED) is 0.485. The van der Waals surface area contributed by atoms with E-state index >= 15 is 0 Å². The monoisotopic (exact) mass is 124 g/mol. The van der Waals surface area contributed by atoms with Crippen molar-refractivity contribution in [3.8, 4) is 0 Å². The smallest absolute Gasteiger partial charge is 0.0800 e. The Kier molecular flexibility index (Phi) is 1.04. The highest BCUT2D eigenvalue weighted by molar-refractivity contribution is 5.22. The molecule has 2 aliphatic rings. The van der Waals surface area contributed by atoms with Gasteiger partial charge in [-0.3, -0.25) is 5.48 Å². The van der Waals surface area contributed by atoms with Gasteiger partial charge in [0.25, 0.3) is 0 Å². The topological polar surface area (TPSA) is 33.3 Å². The van der Waals surface area contributed by atoms with E-state index in [-0.39, 0.29) is 0 Å². The minimum Gasteiger partial charge on any atom is -0.250 e. The summed E-state index contributed by atoms with van der Waals surface area (Å²) in [4.78, 5) is 4.78. The van der Waals surface area contributed by atoms with Gasteiger partial charge >= 0.3 is 0 Å². The third kappa shape index (κ3) is 0.742. The molecule has 1 unspecified atom stereocenters. The number of nitrogens with one attached hydrogen (secondary N) is 2. The first-order valence-electron chi connectivity index (χ1n) is 3.01. The zero-order valence-electron chi connectivity index (χ0n) is 4.92. The highest BCUT2D eigenvalue weighted by Gasteiger charge is 2.20. The molecule has 48 valence electrons. The third-order valence-corrected chi connectivity index (χ3v) is 1.53. The van der Waals surface area contributed by atoms with Crippen LogP contribution in [0.3, 0.4) is 0 Å². The van der Waals surface area contributed by atoms with Crippen LogP contribution in [-0.4, -0.2) is 6.04 Å². The summed E-state index contributed by atoms with van der Waals surface area (Å²) in [6.07, 6.45) is 7.15. The highest BCUT2D eigenvalue weighted by atomic mass is 16.8. The maximum Gasteiger partial charge on any atom is 0.0800 e. The zero-order valence-corrected chi connectivity index (χ0v) is 4.92. The van der Waals surface area contributed by atoms with Gasteiger partial charge in [-0.25, -0.2) is 0 Å². The van der Waals surface area contributed by atoms with Gasteiger partial charge in [0.1, 0.15) is 0 Å². The number of hydrogen-bond acceptors (Lipinski definition) is 3. The van der Waals surface area contributed by atoms with Gasteiger partial charge in [0.05, 0.1) is 11.7 Å². The molecule has 0 saturated carbocycles. The van der Waals surface area contributed by atoms with Crippen molar-refractivity contribution in [3.63, 3.8) is 0 Å². The lowest BCUT2D eigenvalue weighted by molar-refractivity contribution is 0.0190. The van der Waals surface area contributed by atoms with Crippen molar-refractivity contribution in [1.82, 2.24) is 11.0 Å². The molecule has 2 N–H and O–H groups in total. The van der Waals surface area contributed by atoms with E-state index in [4.69, 9.17) is 4.94 Å². The Bertz CT molecular complexity index is 174. The fraction of sp³-hybridized carbons (Fsp3) is 0.333. The lowest BCUT2D eigenvalue weighted by Gasteiger charge is -2.07. The van der Waals surface area contributed by atoms with Crippen molar-refractivity contribution in [2.45, 2.75) is 12.5 Å². The van der Waals surface area contributed by atoms with Gasteiger partial charge in [0, 0.05) is 0 Å². The molecule has 0 spiro atoms. The first-order chi connectivity index (χ1) is 4.47. The van der Waals surface area contributed by atoms with Crippen molar-refractivity contribution < 1.29 is 4.94 Å². The van der Waals surface area contributed by atoms with Crippen LogP contribution in [0.5, 0.6) is 0 Å². The number of hydrogen-bond donors (Lipinski definition) is 2. The minimum atomic E-state index is 0.356. The molecule has 0 aromatic rings. The van der Waals surface area contributed by atoms with E-state index < -0.39 is 0 Å². The summed E-state index contributed by atoms with van der Waals surface area (Å²) in [6.45, 7) is 0. The predicted octanol–water partition coefficient (Wildman–Crippen LogP) is 0.238. The van der Waals surface area contributed by atoms with Gasteiger partial charge in [-0.2, -0.15) is 10.4 Å². The number of rotatable bonds is 0. The third-order valence-electron chi connectivity index (χ3n) is 1.53. The van der Waals surface area contributed by atoms with Gasteiger partial charge < -0.3 is 0 Å².